The summed E-state index contributed by atoms with van der Waals surface area (Å²) in [6.45, 7) is 3.23. The molecule has 114 valence electrons. The van der Waals surface area contributed by atoms with Crippen LogP contribution >= 0.6 is 0 Å². The second-order valence-electron chi connectivity index (χ2n) is 5.76. The molecular weight excluding hydrogens is 274 g/mol. The number of amides is 1. The summed E-state index contributed by atoms with van der Waals surface area (Å²) < 4.78 is 0. The van der Waals surface area contributed by atoms with Gasteiger partial charge in [-0.3, -0.25) is 4.79 Å². The summed E-state index contributed by atoms with van der Waals surface area (Å²) in [5, 5.41) is 9.98. The van der Waals surface area contributed by atoms with E-state index >= 15 is 0 Å². The lowest BCUT2D eigenvalue weighted by Gasteiger charge is -2.33. The smallest absolute Gasteiger partial charge is 0.238 e. The maximum atomic E-state index is 13.2. The van der Waals surface area contributed by atoms with Crippen molar-refractivity contribution in [2.45, 2.75) is 12.3 Å². The Bertz CT molecular complexity index is 599. The highest BCUT2D eigenvalue weighted by molar-refractivity contribution is 5.94. The Balaban J connectivity index is 2.26. The largest absolute Gasteiger partial charge is 0.396 e. The molecule has 0 saturated carbocycles. The van der Waals surface area contributed by atoms with Crippen LogP contribution in [0.1, 0.15) is 18.1 Å². The lowest BCUT2D eigenvalue weighted by Crippen LogP contribution is -2.43. The van der Waals surface area contributed by atoms with E-state index in [9.17, 15) is 9.90 Å². The normalized spacial score (nSPS) is 20.4. The molecule has 1 heterocycles. The van der Waals surface area contributed by atoms with Gasteiger partial charge in [-0.05, 0) is 18.1 Å². The number of aliphatic hydroxyl groups is 1. The molecule has 2 aromatic rings. The first kappa shape index (κ1) is 14.8. The highest BCUT2D eigenvalue weighted by Gasteiger charge is 2.55. The molecule has 0 bridgehead atoms. The third kappa shape index (κ3) is 2.04. The van der Waals surface area contributed by atoms with Gasteiger partial charge in [0, 0.05) is 25.6 Å². The van der Waals surface area contributed by atoms with Gasteiger partial charge in [0.15, 0.2) is 0 Å². The fourth-order valence-corrected chi connectivity index (χ4v) is 3.66. The van der Waals surface area contributed by atoms with E-state index in [-0.39, 0.29) is 18.4 Å². The lowest BCUT2D eigenvalue weighted by molar-refractivity contribution is -0.131. The summed E-state index contributed by atoms with van der Waals surface area (Å²) in [7, 11) is 0. The van der Waals surface area contributed by atoms with Crippen molar-refractivity contribution in [3.05, 3.63) is 71.8 Å². The molecule has 1 amide bonds. The Kier molecular flexibility index (Phi) is 3.99. The van der Waals surface area contributed by atoms with Gasteiger partial charge < -0.3 is 10.0 Å². The van der Waals surface area contributed by atoms with E-state index in [2.05, 4.69) is 0 Å². The molecule has 1 atom stereocenters. The van der Waals surface area contributed by atoms with Gasteiger partial charge in [0.05, 0.1) is 0 Å². The van der Waals surface area contributed by atoms with Crippen LogP contribution in [0.25, 0.3) is 0 Å². The van der Waals surface area contributed by atoms with Crippen molar-refractivity contribution in [1.29, 1.82) is 0 Å². The van der Waals surface area contributed by atoms with Crippen LogP contribution in [0.3, 0.4) is 0 Å². The number of hydrogen-bond acceptors (Lipinski definition) is 2. The van der Waals surface area contributed by atoms with Crippen LogP contribution < -0.4 is 0 Å². The fraction of sp³-hybridized carbons (Fsp3) is 0.316. The van der Waals surface area contributed by atoms with E-state index in [1.54, 1.807) is 0 Å². The maximum absolute atomic E-state index is 13.2. The molecule has 2 aromatic carbocycles. The molecular formula is C19H21NO2. The van der Waals surface area contributed by atoms with Crippen molar-refractivity contribution in [1.82, 2.24) is 4.90 Å². The third-order valence-electron chi connectivity index (χ3n) is 4.74. The maximum Gasteiger partial charge on any atom is 0.238 e. The number of likely N-dealkylation sites (N-methyl/N-ethyl adjacent to an activating group) is 1. The molecule has 0 spiro atoms. The Hall–Kier alpha value is -2.13. The molecule has 1 aliphatic rings. The Labute approximate surface area is 131 Å². The van der Waals surface area contributed by atoms with Gasteiger partial charge in [0.25, 0.3) is 0 Å². The number of likely N-dealkylation sites (tertiary alicyclic amines) is 1. The molecule has 22 heavy (non-hydrogen) atoms. The van der Waals surface area contributed by atoms with Gasteiger partial charge in [-0.15, -0.1) is 0 Å². The van der Waals surface area contributed by atoms with Crippen molar-refractivity contribution in [2.75, 3.05) is 19.7 Å². The Morgan fingerprint density at radius 3 is 1.95 bits per heavy atom. The minimum absolute atomic E-state index is 0.00791. The number of carbonyl (C=O) groups excluding carboxylic acids is 1. The van der Waals surface area contributed by atoms with Crippen LogP contribution in [0, 0.1) is 5.92 Å². The van der Waals surface area contributed by atoms with Crippen LogP contribution in [0.4, 0.5) is 0 Å². The number of rotatable bonds is 4. The van der Waals surface area contributed by atoms with Crippen LogP contribution in [0.5, 0.6) is 0 Å². The van der Waals surface area contributed by atoms with Crippen LogP contribution in [-0.2, 0) is 10.2 Å². The Morgan fingerprint density at radius 2 is 1.55 bits per heavy atom. The Morgan fingerprint density at radius 1 is 1.05 bits per heavy atom. The number of carbonyl (C=O) groups is 1. The zero-order valence-electron chi connectivity index (χ0n) is 12.8. The number of nitrogens with zero attached hydrogens (tertiary/aromatic N) is 1. The lowest BCUT2D eigenvalue weighted by atomic mass is 9.67. The second kappa shape index (κ2) is 5.93. The van der Waals surface area contributed by atoms with Crippen LogP contribution in [0.2, 0.25) is 0 Å². The monoisotopic (exact) mass is 295 g/mol. The van der Waals surface area contributed by atoms with Gasteiger partial charge >= 0.3 is 0 Å². The highest BCUT2D eigenvalue weighted by atomic mass is 16.3. The van der Waals surface area contributed by atoms with E-state index in [4.69, 9.17) is 0 Å². The third-order valence-corrected chi connectivity index (χ3v) is 4.74. The quantitative estimate of drug-likeness (QED) is 0.941. The van der Waals surface area contributed by atoms with Gasteiger partial charge in [-0.25, -0.2) is 0 Å². The standard InChI is InChI=1S/C19H21NO2/c1-2-20-13-17(14-21)19(18(20)22,15-9-5-3-6-10-15)16-11-7-4-8-12-16/h3-12,17,21H,2,13-14H2,1H3. The zero-order chi connectivity index (χ0) is 15.6. The fourth-order valence-electron chi connectivity index (χ4n) is 3.66. The molecule has 1 saturated heterocycles. The molecule has 3 rings (SSSR count). The predicted octanol–water partition coefficient (Wildman–Crippen LogP) is 2.44. The molecule has 1 fully saturated rings. The molecule has 0 aliphatic carbocycles. The van der Waals surface area contributed by atoms with Crippen molar-refractivity contribution in [2.24, 2.45) is 5.92 Å². The van der Waals surface area contributed by atoms with Crippen LogP contribution in [0.15, 0.2) is 60.7 Å². The molecule has 1 N–H and O–H groups in total. The molecule has 0 aromatic heterocycles. The summed E-state index contributed by atoms with van der Waals surface area (Å²) in [4.78, 5) is 15.1. The van der Waals surface area contributed by atoms with Crippen LogP contribution in [-0.4, -0.2) is 35.6 Å². The van der Waals surface area contributed by atoms with Crippen molar-refractivity contribution in [3.8, 4) is 0 Å². The molecule has 3 nitrogen and oxygen atoms in total. The van der Waals surface area contributed by atoms with Crippen molar-refractivity contribution >= 4 is 5.91 Å². The number of benzene rings is 2. The predicted molar refractivity (Wildman–Crippen MR) is 86.5 cm³/mol. The summed E-state index contributed by atoms with van der Waals surface area (Å²) in [6, 6.07) is 19.7. The van der Waals surface area contributed by atoms with Gasteiger partial charge in [-0.2, -0.15) is 0 Å². The average molecular weight is 295 g/mol. The number of aliphatic hydroxyl groups excluding tert-OH is 1. The summed E-state index contributed by atoms with van der Waals surface area (Å²) in [6.07, 6.45) is 0. The average Bonchev–Trinajstić information content (AvgIpc) is 2.89. The van der Waals surface area contributed by atoms with E-state index < -0.39 is 5.41 Å². The zero-order valence-corrected chi connectivity index (χ0v) is 12.8. The highest BCUT2D eigenvalue weighted by Crippen LogP contribution is 2.45. The van der Waals surface area contributed by atoms with Crippen molar-refractivity contribution < 1.29 is 9.90 Å². The summed E-state index contributed by atoms with van der Waals surface area (Å²) in [5.41, 5.74) is 1.13. The molecule has 3 heteroatoms. The minimum atomic E-state index is -0.784. The van der Waals surface area contributed by atoms with E-state index in [0.717, 1.165) is 11.1 Å². The van der Waals surface area contributed by atoms with Gasteiger partial charge in [-0.1, -0.05) is 60.7 Å². The first-order valence-electron chi connectivity index (χ1n) is 7.76. The second-order valence-corrected chi connectivity index (χ2v) is 5.76. The SMILES string of the molecule is CCN1CC(CO)C(c2ccccc2)(c2ccccc2)C1=O. The van der Waals surface area contributed by atoms with E-state index in [1.807, 2.05) is 72.5 Å². The van der Waals surface area contributed by atoms with Gasteiger partial charge in [0.2, 0.25) is 5.91 Å². The van der Waals surface area contributed by atoms with E-state index in [1.165, 1.54) is 0 Å². The first-order chi connectivity index (χ1) is 10.7. The summed E-state index contributed by atoms with van der Waals surface area (Å²) >= 11 is 0. The molecule has 0 radical (unpaired) electrons. The summed E-state index contributed by atoms with van der Waals surface area (Å²) in [5.74, 6) is -0.0452. The topological polar surface area (TPSA) is 40.5 Å². The number of hydrogen-bond donors (Lipinski definition) is 1. The molecule has 1 aliphatic heterocycles. The van der Waals surface area contributed by atoms with E-state index in [0.29, 0.717) is 13.1 Å². The first-order valence-corrected chi connectivity index (χ1v) is 7.76. The van der Waals surface area contributed by atoms with Gasteiger partial charge in [0.1, 0.15) is 5.41 Å². The van der Waals surface area contributed by atoms with Crippen molar-refractivity contribution in [3.63, 3.8) is 0 Å². The molecule has 1 unspecified atom stereocenters. The minimum Gasteiger partial charge on any atom is -0.396 e.